The standard InChI is InChI=1S/C10H7BrN4O/c11-8-3-1-2-7(4-8)9-5-13-10(16-9)6-14-15-12/h1-5H,6H2. The quantitative estimate of drug-likeness (QED) is 0.485. The van der Waals surface area contributed by atoms with E-state index < -0.39 is 0 Å². The van der Waals surface area contributed by atoms with Gasteiger partial charge in [0.05, 0.1) is 6.20 Å². The van der Waals surface area contributed by atoms with Crippen LogP contribution in [-0.2, 0) is 6.54 Å². The number of benzene rings is 1. The molecule has 1 heterocycles. The van der Waals surface area contributed by atoms with Crippen molar-refractivity contribution in [2.75, 3.05) is 0 Å². The second kappa shape index (κ2) is 4.83. The zero-order valence-electron chi connectivity index (χ0n) is 8.17. The van der Waals surface area contributed by atoms with Crippen molar-refractivity contribution in [3.8, 4) is 11.3 Å². The van der Waals surface area contributed by atoms with Crippen molar-refractivity contribution < 1.29 is 4.42 Å². The lowest BCUT2D eigenvalue weighted by Gasteiger charge is -1.96. The second-order valence-electron chi connectivity index (χ2n) is 3.02. The van der Waals surface area contributed by atoms with E-state index in [0.29, 0.717) is 11.7 Å². The van der Waals surface area contributed by atoms with Crippen molar-refractivity contribution in [2.45, 2.75) is 6.54 Å². The summed E-state index contributed by atoms with van der Waals surface area (Å²) in [6, 6.07) is 7.69. The van der Waals surface area contributed by atoms with E-state index >= 15 is 0 Å². The number of halogens is 1. The Kier molecular flexibility index (Phi) is 3.24. The molecule has 5 nitrogen and oxygen atoms in total. The molecule has 0 radical (unpaired) electrons. The predicted octanol–water partition coefficient (Wildman–Crippen LogP) is 3.91. The van der Waals surface area contributed by atoms with Gasteiger partial charge in [-0.05, 0) is 17.7 Å². The van der Waals surface area contributed by atoms with E-state index in [-0.39, 0.29) is 6.54 Å². The van der Waals surface area contributed by atoms with Gasteiger partial charge < -0.3 is 4.42 Å². The van der Waals surface area contributed by atoms with Crippen LogP contribution in [0.4, 0.5) is 0 Å². The maximum absolute atomic E-state index is 8.17. The molecule has 0 bridgehead atoms. The predicted molar refractivity (Wildman–Crippen MR) is 62.5 cm³/mol. The lowest BCUT2D eigenvalue weighted by atomic mass is 10.2. The van der Waals surface area contributed by atoms with E-state index in [2.05, 4.69) is 30.9 Å². The summed E-state index contributed by atoms with van der Waals surface area (Å²) in [4.78, 5) is 6.66. The third kappa shape index (κ3) is 2.42. The summed E-state index contributed by atoms with van der Waals surface area (Å²) >= 11 is 3.38. The first-order valence-electron chi connectivity index (χ1n) is 4.51. The molecule has 0 aliphatic heterocycles. The molecule has 0 atom stereocenters. The third-order valence-electron chi connectivity index (χ3n) is 1.93. The zero-order chi connectivity index (χ0) is 11.4. The fourth-order valence-corrected chi connectivity index (χ4v) is 1.65. The average molecular weight is 279 g/mol. The number of hydrogen-bond acceptors (Lipinski definition) is 3. The molecule has 0 N–H and O–H groups in total. The minimum atomic E-state index is 0.129. The number of azide groups is 1. The van der Waals surface area contributed by atoms with Crippen LogP contribution in [0.2, 0.25) is 0 Å². The molecular formula is C10H7BrN4O. The molecule has 0 amide bonds. The van der Waals surface area contributed by atoms with Crippen LogP contribution in [0.15, 0.2) is 44.5 Å². The molecule has 16 heavy (non-hydrogen) atoms. The maximum atomic E-state index is 8.17. The van der Waals surface area contributed by atoms with E-state index in [1.807, 2.05) is 24.3 Å². The highest BCUT2D eigenvalue weighted by Crippen LogP contribution is 2.23. The molecule has 1 aromatic carbocycles. The van der Waals surface area contributed by atoms with Crippen LogP contribution in [0.25, 0.3) is 21.8 Å². The second-order valence-corrected chi connectivity index (χ2v) is 3.93. The van der Waals surface area contributed by atoms with Gasteiger partial charge in [-0.2, -0.15) is 0 Å². The maximum Gasteiger partial charge on any atom is 0.200 e. The highest BCUT2D eigenvalue weighted by molar-refractivity contribution is 9.10. The molecule has 2 aromatic rings. The molecule has 0 saturated heterocycles. The Balaban J connectivity index is 2.27. The fraction of sp³-hybridized carbons (Fsp3) is 0.100. The molecule has 6 heteroatoms. The summed E-state index contributed by atoms with van der Waals surface area (Å²) in [7, 11) is 0. The van der Waals surface area contributed by atoms with E-state index in [9.17, 15) is 0 Å². The largest absolute Gasteiger partial charge is 0.441 e. The van der Waals surface area contributed by atoms with Crippen molar-refractivity contribution in [1.82, 2.24) is 4.98 Å². The summed E-state index contributed by atoms with van der Waals surface area (Å²) in [6.07, 6.45) is 1.62. The first kappa shape index (κ1) is 10.7. The third-order valence-corrected chi connectivity index (χ3v) is 2.43. The van der Waals surface area contributed by atoms with Gasteiger partial charge in [-0.1, -0.05) is 33.2 Å². The van der Waals surface area contributed by atoms with Gasteiger partial charge in [-0.25, -0.2) is 4.98 Å². The van der Waals surface area contributed by atoms with Gasteiger partial charge in [-0.15, -0.1) is 0 Å². The molecule has 0 unspecified atom stereocenters. The summed E-state index contributed by atoms with van der Waals surface area (Å²) in [5.41, 5.74) is 9.10. The minimum Gasteiger partial charge on any atom is -0.441 e. The fourth-order valence-electron chi connectivity index (χ4n) is 1.25. The van der Waals surface area contributed by atoms with E-state index in [1.54, 1.807) is 6.20 Å². The first-order chi connectivity index (χ1) is 7.79. The highest BCUT2D eigenvalue weighted by atomic mass is 79.9. The SMILES string of the molecule is [N-]=[N+]=NCc1ncc(-c2cccc(Br)c2)o1. The monoisotopic (exact) mass is 278 g/mol. The van der Waals surface area contributed by atoms with Crippen LogP contribution >= 0.6 is 15.9 Å². The topological polar surface area (TPSA) is 74.8 Å². The molecule has 0 saturated carbocycles. The lowest BCUT2D eigenvalue weighted by molar-refractivity contribution is 0.509. The first-order valence-corrected chi connectivity index (χ1v) is 5.30. The number of oxazole rings is 1. The Bertz CT molecular complexity index is 545. The molecule has 0 aliphatic rings. The molecular weight excluding hydrogens is 272 g/mol. The van der Waals surface area contributed by atoms with Gasteiger partial charge in [0, 0.05) is 14.9 Å². The van der Waals surface area contributed by atoms with Gasteiger partial charge in [0.15, 0.2) is 5.76 Å². The van der Waals surface area contributed by atoms with Crippen LogP contribution in [0.1, 0.15) is 5.89 Å². The average Bonchev–Trinajstić information content (AvgIpc) is 2.75. The Morgan fingerprint density at radius 3 is 3.12 bits per heavy atom. The highest BCUT2D eigenvalue weighted by Gasteiger charge is 2.05. The summed E-state index contributed by atoms with van der Waals surface area (Å²) in [5, 5.41) is 3.38. The van der Waals surface area contributed by atoms with Crippen molar-refractivity contribution in [3.63, 3.8) is 0 Å². The number of nitrogens with zero attached hydrogens (tertiary/aromatic N) is 4. The lowest BCUT2D eigenvalue weighted by Crippen LogP contribution is -1.76. The van der Waals surface area contributed by atoms with Crippen molar-refractivity contribution >= 4 is 15.9 Å². The smallest absolute Gasteiger partial charge is 0.200 e. The molecule has 0 spiro atoms. The van der Waals surface area contributed by atoms with Gasteiger partial charge in [0.2, 0.25) is 5.89 Å². The molecule has 1 aromatic heterocycles. The van der Waals surface area contributed by atoms with Gasteiger partial charge in [0.1, 0.15) is 6.54 Å². The molecule has 2 rings (SSSR count). The molecule has 80 valence electrons. The zero-order valence-corrected chi connectivity index (χ0v) is 9.75. The Hall–Kier alpha value is -1.78. The summed E-state index contributed by atoms with van der Waals surface area (Å²) in [6.45, 7) is 0.129. The Morgan fingerprint density at radius 1 is 1.50 bits per heavy atom. The van der Waals surface area contributed by atoms with Crippen molar-refractivity contribution in [1.29, 1.82) is 0 Å². The summed E-state index contributed by atoms with van der Waals surface area (Å²) in [5.74, 6) is 1.07. The van der Waals surface area contributed by atoms with Gasteiger partial charge >= 0.3 is 0 Å². The van der Waals surface area contributed by atoms with Gasteiger partial charge in [0.25, 0.3) is 0 Å². The molecule has 0 aliphatic carbocycles. The Morgan fingerprint density at radius 2 is 2.38 bits per heavy atom. The van der Waals surface area contributed by atoms with E-state index in [0.717, 1.165) is 10.0 Å². The summed E-state index contributed by atoms with van der Waals surface area (Å²) < 4.78 is 6.40. The number of aromatic nitrogens is 1. The minimum absolute atomic E-state index is 0.129. The normalized spacial score (nSPS) is 9.81. The Labute approximate surface area is 99.9 Å². The van der Waals surface area contributed by atoms with Crippen LogP contribution in [0.3, 0.4) is 0 Å². The van der Waals surface area contributed by atoms with E-state index in [1.165, 1.54) is 0 Å². The van der Waals surface area contributed by atoms with Crippen LogP contribution in [0, 0.1) is 0 Å². The van der Waals surface area contributed by atoms with Gasteiger partial charge in [-0.3, -0.25) is 0 Å². The number of rotatable bonds is 3. The van der Waals surface area contributed by atoms with Crippen LogP contribution in [0.5, 0.6) is 0 Å². The van der Waals surface area contributed by atoms with E-state index in [4.69, 9.17) is 9.95 Å². The van der Waals surface area contributed by atoms with Crippen LogP contribution < -0.4 is 0 Å². The van der Waals surface area contributed by atoms with Crippen LogP contribution in [-0.4, -0.2) is 4.98 Å². The molecule has 0 fully saturated rings. The number of hydrogen-bond donors (Lipinski definition) is 0. The van der Waals surface area contributed by atoms with Crippen molar-refractivity contribution in [2.24, 2.45) is 5.11 Å². The van der Waals surface area contributed by atoms with Crippen molar-refractivity contribution in [3.05, 3.63) is 51.3 Å².